The first-order valence-electron chi connectivity index (χ1n) is 8.43. The summed E-state index contributed by atoms with van der Waals surface area (Å²) >= 11 is 1.52. The number of hydrogen-bond acceptors (Lipinski definition) is 4. The highest BCUT2D eigenvalue weighted by Gasteiger charge is 2.21. The fourth-order valence-corrected chi connectivity index (χ4v) is 3.57. The van der Waals surface area contributed by atoms with Gasteiger partial charge in [0.2, 0.25) is 11.8 Å². The Bertz CT molecular complexity index is 826. The van der Waals surface area contributed by atoms with Gasteiger partial charge in [0, 0.05) is 30.1 Å². The van der Waals surface area contributed by atoms with Crippen LogP contribution >= 0.6 is 11.8 Å². The van der Waals surface area contributed by atoms with Crippen molar-refractivity contribution in [3.8, 4) is 6.07 Å². The SMILES string of the molecule is N#Cc1ccc(CSCC(=O)Nc2ccc(N3CCCC3=O)cc2)cc1. The number of hydrogen-bond donors (Lipinski definition) is 1. The molecule has 1 saturated heterocycles. The van der Waals surface area contributed by atoms with E-state index in [-0.39, 0.29) is 11.8 Å². The maximum Gasteiger partial charge on any atom is 0.234 e. The number of carbonyl (C=O) groups excluding carboxylic acids is 2. The lowest BCUT2D eigenvalue weighted by Gasteiger charge is -2.16. The lowest BCUT2D eigenvalue weighted by molar-refractivity contribution is -0.117. The monoisotopic (exact) mass is 365 g/mol. The lowest BCUT2D eigenvalue weighted by atomic mass is 10.2. The van der Waals surface area contributed by atoms with Crippen LogP contribution in [0.4, 0.5) is 11.4 Å². The van der Waals surface area contributed by atoms with Gasteiger partial charge in [0.15, 0.2) is 0 Å². The molecule has 0 spiro atoms. The Hall–Kier alpha value is -2.78. The van der Waals surface area contributed by atoms with E-state index < -0.39 is 0 Å². The molecule has 2 aromatic rings. The lowest BCUT2D eigenvalue weighted by Crippen LogP contribution is -2.23. The molecule has 1 aliphatic rings. The number of nitrogens with one attached hydrogen (secondary N) is 1. The fourth-order valence-electron chi connectivity index (χ4n) is 2.78. The van der Waals surface area contributed by atoms with Gasteiger partial charge < -0.3 is 10.2 Å². The van der Waals surface area contributed by atoms with Gasteiger partial charge in [-0.1, -0.05) is 12.1 Å². The van der Waals surface area contributed by atoms with Crippen LogP contribution in [-0.4, -0.2) is 24.1 Å². The number of carbonyl (C=O) groups is 2. The predicted octanol–water partition coefficient (Wildman–Crippen LogP) is 3.56. The minimum absolute atomic E-state index is 0.0614. The second kappa shape index (κ2) is 8.54. The molecule has 0 aromatic heterocycles. The average Bonchev–Trinajstić information content (AvgIpc) is 3.09. The van der Waals surface area contributed by atoms with E-state index in [4.69, 9.17) is 5.26 Å². The van der Waals surface area contributed by atoms with Crippen LogP contribution in [0.5, 0.6) is 0 Å². The van der Waals surface area contributed by atoms with Crippen molar-refractivity contribution in [3.63, 3.8) is 0 Å². The zero-order chi connectivity index (χ0) is 18.4. The normalized spacial score (nSPS) is 13.5. The molecule has 1 aliphatic heterocycles. The summed E-state index contributed by atoms with van der Waals surface area (Å²) in [5.41, 5.74) is 3.32. The van der Waals surface area contributed by atoms with Gasteiger partial charge in [-0.15, -0.1) is 11.8 Å². The van der Waals surface area contributed by atoms with Gasteiger partial charge in [-0.25, -0.2) is 0 Å². The smallest absolute Gasteiger partial charge is 0.234 e. The molecule has 1 fully saturated rings. The third kappa shape index (κ3) is 4.64. The molecular weight excluding hydrogens is 346 g/mol. The number of nitrogens with zero attached hydrogens (tertiary/aromatic N) is 2. The molecule has 26 heavy (non-hydrogen) atoms. The van der Waals surface area contributed by atoms with E-state index in [9.17, 15) is 9.59 Å². The summed E-state index contributed by atoms with van der Waals surface area (Å²) in [7, 11) is 0. The first-order valence-corrected chi connectivity index (χ1v) is 9.58. The molecule has 2 aromatic carbocycles. The third-order valence-electron chi connectivity index (χ3n) is 4.12. The van der Waals surface area contributed by atoms with Crippen molar-refractivity contribution in [2.45, 2.75) is 18.6 Å². The summed E-state index contributed by atoms with van der Waals surface area (Å²) in [6.45, 7) is 0.760. The number of nitriles is 1. The molecular formula is C20H19N3O2S. The molecule has 3 rings (SSSR count). The number of thioether (sulfide) groups is 1. The van der Waals surface area contributed by atoms with E-state index in [0.29, 0.717) is 17.7 Å². The Kier molecular flexibility index (Phi) is 5.92. The number of anilines is 2. The van der Waals surface area contributed by atoms with Gasteiger partial charge >= 0.3 is 0 Å². The van der Waals surface area contributed by atoms with Gasteiger partial charge in [0.05, 0.1) is 17.4 Å². The van der Waals surface area contributed by atoms with Gasteiger partial charge in [-0.05, 0) is 48.4 Å². The van der Waals surface area contributed by atoms with Crippen molar-refractivity contribution >= 4 is 35.0 Å². The largest absolute Gasteiger partial charge is 0.325 e. The minimum atomic E-state index is -0.0614. The molecule has 132 valence electrons. The van der Waals surface area contributed by atoms with E-state index in [1.54, 1.807) is 17.0 Å². The second-order valence-corrected chi connectivity index (χ2v) is 7.03. The van der Waals surface area contributed by atoms with Gasteiger partial charge in [-0.3, -0.25) is 9.59 Å². The Morgan fingerprint density at radius 3 is 2.50 bits per heavy atom. The van der Waals surface area contributed by atoms with E-state index in [1.165, 1.54) is 11.8 Å². The molecule has 0 aliphatic carbocycles. The van der Waals surface area contributed by atoms with Gasteiger partial charge in [0.25, 0.3) is 0 Å². The van der Waals surface area contributed by atoms with Crippen LogP contribution < -0.4 is 10.2 Å². The molecule has 0 bridgehead atoms. The predicted molar refractivity (Wildman–Crippen MR) is 104 cm³/mol. The zero-order valence-electron chi connectivity index (χ0n) is 14.3. The van der Waals surface area contributed by atoms with Crippen LogP contribution in [0.15, 0.2) is 48.5 Å². The van der Waals surface area contributed by atoms with Crippen LogP contribution in [0.25, 0.3) is 0 Å². The summed E-state index contributed by atoms with van der Waals surface area (Å²) in [4.78, 5) is 25.6. The maximum atomic E-state index is 12.1. The van der Waals surface area contributed by atoms with Gasteiger partial charge in [0.1, 0.15) is 0 Å². The quantitative estimate of drug-likeness (QED) is 0.849. The number of amides is 2. The van der Waals surface area contributed by atoms with Crippen LogP contribution in [0.1, 0.15) is 24.0 Å². The van der Waals surface area contributed by atoms with Crippen LogP contribution in [0.2, 0.25) is 0 Å². The number of rotatable bonds is 6. The highest BCUT2D eigenvalue weighted by atomic mass is 32.2. The van der Waals surface area contributed by atoms with Crippen molar-refractivity contribution in [2.24, 2.45) is 0 Å². The Morgan fingerprint density at radius 2 is 1.88 bits per heavy atom. The van der Waals surface area contributed by atoms with Crippen LogP contribution in [0, 0.1) is 11.3 Å². The van der Waals surface area contributed by atoms with Crippen molar-refractivity contribution in [1.29, 1.82) is 5.26 Å². The van der Waals surface area contributed by atoms with Crippen molar-refractivity contribution in [1.82, 2.24) is 0 Å². The van der Waals surface area contributed by atoms with Crippen molar-refractivity contribution < 1.29 is 9.59 Å². The Morgan fingerprint density at radius 1 is 1.15 bits per heavy atom. The van der Waals surface area contributed by atoms with E-state index in [1.807, 2.05) is 36.4 Å². The van der Waals surface area contributed by atoms with E-state index in [0.717, 1.165) is 35.7 Å². The second-order valence-electron chi connectivity index (χ2n) is 6.05. The van der Waals surface area contributed by atoms with E-state index >= 15 is 0 Å². The number of benzene rings is 2. The molecule has 0 atom stereocenters. The van der Waals surface area contributed by atoms with Gasteiger partial charge in [-0.2, -0.15) is 5.26 Å². The molecule has 5 nitrogen and oxygen atoms in total. The first-order chi connectivity index (χ1) is 12.7. The Labute approximate surface area is 157 Å². The molecule has 0 radical (unpaired) electrons. The van der Waals surface area contributed by atoms with E-state index in [2.05, 4.69) is 11.4 Å². The van der Waals surface area contributed by atoms with Crippen LogP contribution in [-0.2, 0) is 15.3 Å². The van der Waals surface area contributed by atoms with Crippen molar-refractivity contribution in [2.75, 3.05) is 22.5 Å². The molecule has 6 heteroatoms. The summed E-state index contributed by atoms with van der Waals surface area (Å²) in [5.74, 6) is 1.16. The molecule has 2 amide bonds. The highest BCUT2D eigenvalue weighted by molar-refractivity contribution is 7.99. The van der Waals surface area contributed by atoms with Crippen LogP contribution in [0.3, 0.4) is 0 Å². The maximum absolute atomic E-state index is 12.1. The van der Waals surface area contributed by atoms with Crippen molar-refractivity contribution in [3.05, 3.63) is 59.7 Å². The molecule has 1 heterocycles. The first kappa shape index (κ1) is 18.0. The summed E-state index contributed by atoms with van der Waals surface area (Å²) in [6.07, 6.45) is 1.50. The molecule has 0 saturated carbocycles. The standard InChI is InChI=1S/C20H19N3O2S/c21-12-15-3-5-16(6-4-15)13-26-14-19(24)22-17-7-9-18(10-8-17)23-11-1-2-20(23)25/h3-10H,1-2,11,13-14H2,(H,22,24). The topological polar surface area (TPSA) is 73.2 Å². The summed E-state index contributed by atoms with van der Waals surface area (Å²) in [6, 6.07) is 16.8. The summed E-state index contributed by atoms with van der Waals surface area (Å²) in [5, 5.41) is 11.7. The molecule has 1 N–H and O–H groups in total. The fraction of sp³-hybridized carbons (Fsp3) is 0.250. The third-order valence-corrected chi connectivity index (χ3v) is 5.12. The highest BCUT2D eigenvalue weighted by Crippen LogP contribution is 2.23. The Balaban J connectivity index is 1.45. The molecule has 0 unspecified atom stereocenters. The minimum Gasteiger partial charge on any atom is -0.325 e. The average molecular weight is 365 g/mol. The zero-order valence-corrected chi connectivity index (χ0v) is 15.1. The summed E-state index contributed by atoms with van der Waals surface area (Å²) < 4.78 is 0.